The minimum absolute atomic E-state index is 0.421. The average Bonchev–Trinajstić information content (AvgIpc) is 2.61. The summed E-state index contributed by atoms with van der Waals surface area (Å²) in [6.07, 6.45) is 3.67. The van der Waals surface area contributed by atoms with Gasteiger partial charge in [0.15, 0.2) is 5.96 Å². The van der Waals surface area contributed by atoms with Gasteiger partial charge in [-0.05, 0) is 5.56 Å². The van der Waals surface area contributed by atoms with Crippen molar-refractivity contribution >= 4 is 17.7 Å². The molecule has 5 nitrogen and oxygen atoms in total. The molecule has 0 bridgehead atoms. The Hall–Kier alpha value is -2.08. The van der Waals surface area contributed by atoms with Crippen LogP contribution in [0.1, 0.15) is 5.82 Å². The van der Waals surface area contributed by atoms with Gasteiger partial charge in [0.25, 0.3) is 0 Å². The number of hydrogen-bond acceptors (Lipinski definition) is 4. The maximum Gasteiger partial charge on any atom is 0.191 e. The van der Waals surface area contributed by atoms with Crippen molar-refractivity contribution < 1.29 is 0 Å². The fraction of sp³-hybridized carbons (Fsp3) is 0.312. The molecule has 1 fully saturated rings. The van der Waals surface area contributed by atoms with Crippen LogP contribution in [0.2, 0.25) is 0 Å². The number of rotatable bonds is 3. The first-order valence-electron chi connectivity index (χ1n) is 7.32. The summed E-state index contributed by atoms with van der Waals surface area (Å²) in [6, 6.07) is 10.1. The van der Waals surface area contributed by atoms with Crippen molar-refractivity contribution in [1.82, 2.24) is 14.9 Å². The number of benzene rings is 1. The predicted molar refractivity (Wildman–Crippen MR) is 91.7 cm³/mol. The zero-order chi connectivity index (χ0) is 15.2. The van der Waals surface area contributed by atoms with E-state index in [0.29, 0.717) is 18.3 Å². The van der Waals surface area contributed by atoms with Gasteiger partial charge in [0.2, 0.25) is 0 Å². The molecule has 0 saturated carbocycles. The maximum absolute atomic E-state index is 6.03. The highest BCUT2D eigenvalue weighted by Crippen LogP contribution is 2.16. The van der Waals surface area contributed by atoms with Gasteiger partial charge in [-0.15, -0.1) is 0 Å². The van der Waals surface area contributed by atoms with Crippen molar-refractivity contribution in [2.45, 2.75) is 6.54 Å². The van der Waals surface area contributed by atoms with Gasteiger partial charge in [-0.1, -0.05) is 30.3 Å². The zero-order valence-corrected chi connectivity index (χ0v) is 13.2. The Morgan fingerprint density at radius 1 is 1.09 bits per heavy atom. The molecule has 22 heavy (non-hydrogen) atoms. The molecule has 1 aliphatic heterocycles. The lowest BCUT2D eigenvalue weighted by Gasteiger charge is -2.27. The molecular formula is C16H19N5S. The van der Waals surface area contributed by atoms with Gasteiger partial charge < -0.3 is 10.6 Å². The van der Waals surface area contributed by atoms with E-state index in [9.17, 15) is 0 Å². The fourth-order valence-electron chi connectivity index (χ4n) is 2.26. The van der Waals surface area contributed by atoms with E-state index in [0.717, 1.165) is 35.7 Å². The molecule has 2 N–H and O–H groups in total. The maximum atomic E-state index is 6.03. The van der Waals surface area contributed by atoms with Crippen molar-refractivity contribution in [2.75, 3.05) is 24.6 Å². The Labute approximate surface area is 134 Å². The molecule has 1 aliphatic rings. The molecule has 0 unspecified atom stereocenters. The molecule has 1 saturated heterocycles. The number of nitrogens with two attached hydrogens (primary N) is 1. The van der Waals surface area contributed by atoms with Crippen LogP contribution in [0.4, 0.5) is 0 Å². The molecule has 2 aromatic rings. The molecule has 0 radical (unpaired) electrons. The van der Waals surface area contributed by atoms with E-state index in [1.54, 1.807) is 0 Å². The van der Waals surface area contributed by atoms with Crippen molar-refractivity contribution in [1.29, 1.82) is 0 Å². The van der Waals surface area contributed by atoms with Crippen LogP contribution in [0.15, 0.2) is 47.7 Å². The van der Waals surface area contributed by atoms with E-state index >= 15 is 0 Å². The molecule has 114 valence electrons. The summed E-state index contributed by atoms with van der Waals surface area (Å²) in [5, 5.41) is 0. The normalized spacial score (nSPS) is 15.8. The van der Waals surface area contributed by atoms with Crippen molar-refractivity contribution in [3.8, 4) is 11.1 Å². The first-order valence-corrected chi connectivity index (χ1v) is 8.47. The molecule has 2 heterocycles. The number of aromatic nitrogens is 2. The predicted octanol–water partition coefficient (Wildman–Crippen LogP) is 2.01. The number of aliphatic imine (C=N–C) groups is 1. The molecule has 0 spiro atoms. The number of thioether (sulfide) groups is 1. The third kappa shape index (κ3) is 3.76. The minimum Gasteiger partial charge on any atom is -0.370 e. The third-order valence-corrected chi connectivity index (χ3v) is 4.47. The van der Waals surface area contributed by atoms with Crippen molar-refractivity contribution in [3.05, 3.63) is 48.5 Å². The van der Waals surface area contributed by atoms with E-state index in [4.69, 9.17) is 5.73 Å². The van der Waals surface area contributed by atoms with E-state index in [-0.39, 0.29) is 0 Å². The van der Waals surface area contributed by atoms with Crippen LogP contribution in [-0.2, 0) is 6.54 Å². The van der Waals surface area contributed by atoms with Crippen LogP contribution >= 0.6 is 11.8 Å². The Morgan fingerprint density at radius 3 is 2.45 bits per heavy atom. The van der Waals surface area contributed by atoms with Crippen molar-refractivity contribution in [2.24, 2.45) is 10.7 Å². The number of nitrogens with zero attached hydrogens (tertiary/aromatic N) is 4. The molecule has 3 rings (SSSR count). The monoisotopic (exact) mass is 313 g/mol. The first kappa shape index (κ1) is 14.8. The molecule has 1 aromatic heterocycles. The quantitative estimate of drug-likeness (QED) is 0.693. The Balaban J connectivity index is 1.63. The largest absolute Gasteiger partial charge is 0.370 e. The Kier molecular flexibility index (Phi) is 4.90. The summed E-state index contributed by atoms with van der Waals surface area (Å²) in [6.45, 7) is 2.35. The van der Waals surface area contributed by atoms with Crippen LogP contribution in [0.25, 0.3) is 11.1 Å². The third-order valence-electron chi connectivity index (χ3n) is 3.53. The molecular weight excluding hydrogens is 294 g/mol. The Morgan fingerprint density at radius 2 is 1.77 bits per heavy atom. The van der Waals surface area contributed by atoms with E-state index < -0.39 is 0 Å². The van der Waals surface area contributed by atoms with Gasteiger partial charge in [-0.25, -0.2) is 15.0 Å². The van der Waals surface area contributed by atoms with Gasteiger partial charge >= 0.3 is 0 Å². The highest BCUT2D eigenvalue weighted by Gasteiger charge is 2.12. The van der Waals surface area contributed by atoms with Crippen molar-refractivity contribution in [3.63, 3.8) is 0 Å². The second-order valence-corrected chi connectivity index (χ2v) is 6.25. The summed E-state index contributed by atoms with van der Waals surface area (Å²) in [7, 11) is 0. The molecule has 0 aliphatic carbocycles. The SMILES string of the molecule is NC(=NCc1ncc(-c2ccccc2)cn1)N1CCSCC1. The van der Waals surface area contributed by atoms with Crippen LogP contribution < -0.4 is 5.73 Å². The van der Waals surface area contributed by atoms with E-state index in [1.807, 2.05) is 54.5 Å². The first-order chi connectivity index (χ1) is 10.8. The van der Waals surface area contributed by atoms with Gasteiger partial charge in [-0.3, -0.25) is 0 Å². The van der Waals surface area contributed by atoms with Gasteiger partial charge in [0, 0.05) is 42.6 Å². The van der Waals surface area contributed by atoms with Gasteiger partial charge in [0.1, 0.15) is 12.4 Å². The Bertz CT molecular complexity index is 621. The van der Waals surface area contributed by atoms with Crippen LogP contribution in [-0.4, -0.2) is 45.4 Å². The molecule has 1 aromatic carbocycles. The zero-order valence-electron chi connectivity index (χ0n) is 12.4. The van der Waals surface area contributed by atoms with E-state index in [1.165, 1.54) is 0 Å². The minimum atomic E-state index is 0.421. The lowest BCUT2D eigenvalue weighted by Crippen LogP contribution is -2.42. The lowest BCUT2D eigenvalue weighted by atomic mass is 10.1. The fourth-order valence-corrected chi connectivity index (χ4v) is 3.16. The molecule has 0 atom stereocenters. The van der Waals surface area contributed by atoms with Gasteiger partial charge in [0.05, 0.1) is 0 Å². The lowest BCUT2D eigenvalue weighted by molar-refractivity contribution is 0.455. The second kappa shape index (κ2) is 7.26. The highest BCUT2D eigenvalue weighted by atomic mass is 32.2. The second-order valence-electron chi connectivity index (χ2n) is 5.03. The van der Waals surface area contributed by atoms with Crippen LogP contribution in [0.3, 0.4) is 0 Å². The standard InChI is InChI=1S/C16H19N5S/c17-16(21-6-8-22-9-7-21)20-12-15-18-10-14(11-19-15)13-4-2-1-3-5-13/h1-5,10-11H,6-9,12H2,(H2,17,20). The summed E-state index contributed by atoms with van der Waals surface area (Å²) in [4.78, 5) is 15.3. The topological polar surface area (TPSA) is 67.4 Å². The summed E-state index contributed by atoms with van der Waals surface area (Å²) in [5.41, 5.74) is 8.15. The summed E-state index contributed by atoms with van der Waals surface area (Å²) >= 11 is 1.95. The van der Waals surface area contributed by atoms with E-state index in [2.05, 4.69) is 19.9 Å². The molecule has 0 amide bonds. The smallest absolute Gasteiger partial charge is 0.191 e. The van der Waals surface area contributed by atoms with Gasteiger partial charge in [-0.2, -0.15) is 11.8 Å². The highest BCUT2D eigenvalue weighted by molar-refractivity contribution is 7.99. The number of hydrogen-bond donors (Lipinski definition) is 1. The summed E-state index contributed by atoms with van der Waals surface area (Å²) in [5.74, 6) is 3.50. The molecule has 6 heteroatoms. The van der Waals surface area contributed by atoms with Crippen LogP contribution in [0.5, 0.6) is 0 Å². The number of guanidine groups is 1. The van der Waals surface area contributed by atoms with Crippen LogP contribution in [0, 0.1) is 0 Å². The average molecular weight is 313 g/mol. The summed E-state index contributed by atoms with van der Waals surface area (Å²) < 4.78 is 0.